The van der Waals surface area contributed by atoms with Crippen molar-refractivity contribution in [3.05, 3.63) is 30.0 Å². The van der Waals surface area contributed by atoms with Crippen LogP contribution in [-0.2, 0) is 0 Å². The summed E-state index contributed by atoms with van der Waals surface area (Å²) in [5.41, 5.74) is 7.80. The summed E-state index contributed by atoms with van der Waals surface area (Å²) in [5, 5.41) is 15.1. The highest BCUT2D eigenvalue weighted by Crippen LogP contribution is 2.39. The summed E-state index contributed by atoms with van der Waals surface area (Å²) in [6.45, 7) is 0. The van der Waals surface area contributed by atoms with E-state index in [0.717, 1.165) is 29.1 Å². The third-order valence-electron chi connectivity index (χ3n) is 3.70. The SMILES string of the molecule is Nc1nc2ccc(C(=O)O)cc2c2c1cnn2C1CC1. The van der Waals surface area contributed by atoms with Crippen LogP contribution in [0.25, 0.3) is 21.8 Å². The second-order valence-electron chi connectivity index (χ2n) is 5.12. The van der Waals surface area contributed by atoms with Crippen molar-refractivity contribution in [3.63, 3.8) is 0 Å². The van der Waals surface area contributed by atoms with E-state index in [1.807, 2.05) is 4.68 Å². The first kappa shape index (κ1) is 11.2. The first-order valence-corrected chi connectivity index (χ1v) is 6.45. The molecule has 6 heteroatoms. The number of benzene rings is 1. The van der Waals surface area contributed by atoms with Crippen molar-refractivity contribution >= 4 is 33.6 Å². The second kappa shape index (κ2) is 3.69. The molecule has 0 aliphatic heterocycles. The number of carboxylic acid groups (broad SMARTS) is 1. The molecule has 3 N–H and O–H groups in total. The van der Waals surface area contributed by atoms with Gasteiger partial charge in [0.2, 0.25) is 0 Å². The maximum Gasteiger partial charge on any atom is 0.335 e. The van der Waals surface area contributed by atoms with Crippen molar-refractivity contribution in [3.8, 4) is 0 Å². The number of carboxylic acids is 1. The molecule has 100 valence electrons. The fourth-order valence-electron chi connectivity index (χ4n) is 2.56. The van der Waals surface area contributed by atoms with Gasteiger partial charge in [-0.25, -0.2) is 9.78 Å². The molecule has 20 heavy (non-hydrogen) atoms. The Morgan fingerprint density at radius 2 is 2.15 bits per heavy atom. The maximum atomic E-state index is 11.1. The molecule has 1 fully saturated rings. The highest BCUT2D eigenvalue weighted by Gasteiger charge is 2.27. The van der Waals surface area contributed by atoms with E-state index in [9.17, 15) is 4.79 Å². The topological polar surface area (TPSA) is 94.0 Å². The van der Waals surface area contributed by atoms with Crippen molar-refractivity contribution in [2.24, 2.45) is 0 Å². The summed E-state index contributed by atoms with van der Waals surface area (Å²) in [5.74, 6) is -0.517. The Morgan fingerprint density at radius 3 is 2.85 bits per heavy atom. The van der Waals surface area contributed by atoms with Gasteiger partial charge in [0, 0.05) is 5.39 Å². The summed E-state index contributed by atoms with van der Waals surface area (Å²) in [7, 11) is 0. The molecule has 0 saturated heterocycles. The number of nitrogens with zero attached hydrogens (tertiary/aromatic N) is 3. The van der Waals surface area contributed by atoms with Gasteiger partial charge in [-0.15, -0.1) is 0 Å². The molecule has 1 aliphatic carbocycles. The van der Waals surface area contributed by atoms with E-state index in [1.165, 1.54) is 0 Å². The van der Waals surface area contributed by atoms with Crippen LogP contribution in [0, 0.1) is 0 Å². The number of aromatic nitrogens is 3. The zero-order valence-electron chi connectivity index (χ0n) is 10.6. The smallest absolute Gasteiger partial charge is 0.335 e. The third kappa shape index (κ3) is 1.48. The average molecular weight is 268 g/mol. The number of hydrogen-bond acceptors (Lipinski definition) is 4. The lowest BCUT2D eigenvalue weighted by atomic mass is 10.1. The van der Waals surface area contributed by atoms with Crippen LogP contribution in [0.4, 0.5) is 5.82 Å². The minimum absolute atomic E-state index is 0.244. The molecule has 1 aliphatic rings. The molecule has 4 rings (SSSR count). The van der Waals surface area contributed by atoms with Crippen LogP contribution in [0.5, 0.6) is 0 Å². The molecule has 2 aromatic heterocycles. The number of pyridine rings is 1. The van der Waals surface area contributed by atoms with Crippen LogP contribution in [0.3, 0.4) is 0 Å². The highest BCUT2D eigenvalue weighted by molar-refractivity contribution is 6.09. The molecule has 0 radical (unpaired) electrons. The van der Waals surface area contributed by atoms with Crippen LogP contribution in [0.15, 0.2) is 24.4 Å². The minimum atomic E-state index is -0.950. The summed E-state index contributed by atoms with van der Waals surface area (Å²) >= 11 is 0. The van der Waals surface area contributed by atoms with Crippen LogP contribution >= 0.6 is 0 Å². The van der Waals surface area contributed by atoms with Crippen LogP contribution in [0.2, 0.25) is 0 Å². The Balaban J connectivity index is 2.15. The molecular formula is C14H12N4O2. The Hall–Kier alpha value is -2.63. The Kier molecular flexibility index (Phi) is 2.07. The van der Waals surface area contributed by atoms with Crippen LogP contribution < -0.4 is 5.73 Å². The predicted octanol–water partition coefficient (Wildman–Crippen LogP) is 2.20. The monoisotopic (exact) mass is 268 g/mol. The predicted molar refractivity (Wildman–Crippen MR) is 74.7 cm³/mol. The highest BCUT2D eigenvalue weighted by atomic mass is 16.4. The van der Waals surface area contributed by atoms with E-state index in [2.05, 4.69) is 10.1 Å². The lowest BCUT2D eigenvalue weighted by molar-refractivity contribution is 0.0697. The standard InChI is InChI=1S/C14H12N4O2/c15-13-10-6-16-18(8-2-3-8)12(10)9-5-7(14(19)20)1-4-11(9)17-13/h1,4-6,8H,2-3H2,(H2,15,17)(H,19,20). The minimum Gasteiger partial charge on any atom is -0.478 e. The molecule has 1 saturated carbocycles. The fourth-order valence-corrected chi connectivity index (χ4v) is 2.56. The molecule has 6 nitrogen and oxygen atoms in total. The van der Waals surface area contributed by atoms with E-state index in [-0.39, 0.29) is 5.56 Å². The average Bonchev–Trinajstić information content (AvgIpc) is 3.17. The summed E-state index contributed by atoms with van der Waals surface area (Å²) in [4.78, 5) is 15.5. The second-order valence-corrected chi connectivity index (χ2v) is 5.12. The van der Waals surface area contributed by atoms with E-state index < -0.39 is 5.97 Å². The van der Waals surface area contributed by atoms with Gasteiger partial charge in [0.05, 0.1) is 34.2 Å². The summed E-state index contributed by atoms with van der Waals surface area (Å²) in [6.07, 6.45) is 3.90. The number of nitrogen functional groups attached to an aromatic ring is 1. The number of aromatic carboxylic acids is 1. The molecule has 1 aromatic carbocycles. The lowest BCUT2D eigenvalue weighted by Crippen LogP contribution is -2.00. The van der Waals surface area contributed by atoms with Gasteiger partial charge in [0.15, 0.2) is 0 Å². The number of fused-ring (bicyclic) bond motifs is 3. The molecule has 0 spiro atoms. The summed E-state index contributed by atoms with van der Waals surface area (Å²) < 4.78 is 1.95. The maximum absolute atomic E-state index is 11.1. The quantitative estimate of drug-likeness (QED) is 0.743. The van der Waals surface area contributed by atoms with E-state index in [1.54, 1.807) is 24.4 Å². The van der Waals surface area contributed by atoms with Gasteiger partial charge >= 0.3 is 5.97 Å². The summed E-state index contributed by atoms with van der Waals surface area (Å²) in [6, 6.07) is 5.28. The van der Waals surface area contributed by atoms with Gasteiger partial charge in [-0.3, -0.25) is 4.68 Å². The van der Waals surface area contributed by atoms with Crippen LogP contribution in [-0.4, -0.2) is 25.8 Å². The Bertz CT molecular complexity index is 864. The number of rotatable bonds is 2. The van der Waals surface area contributed by atoms with Crippen molar-refractivity contribution in [2.45, 2.75) is 18.9 Å². The van der Waals surface area contributed by atoms with E-state index in [0.29, 0.717) is 17.4 Å². The van der Waals surface area contributed by atoms with Crippen molar-refractivity contribution in [1.29, 1.82) is 0 Å². The van der Waals surface area contributed by atoms with Gasteiger partial charge in [-0.2, -0.15) is 5.10 Å². The van der Waals surface area contributed by atoms with Crippen molar-refractivity contribution < 1.29 is 9.90 Å². The van der Waals surface area contributed by atoms with Gasteiger partial charge in [-0.05, 0) is 31.0 Å². The van der Waals surface area contributed by atoms with Gasteiger partial charge in [0.25, 0.3) is 0 Å². The van der Waals surface area contributed by atoms with Gasteiger partial charge in [0.1, 0.15) is 5.82 Å². The zero-order valence-corrected chi connectivity index (χ0v) is 10.6. The van der Waals surface area contributed by atoms with E-state index in [4.69, 9.17) is 10.8 Å². The number of hydrogen-bond donors (Lipinski definition) is 2. The molecule has 3 aromatic rings. The first-order chi connectivity index (χ1) is 9.65. The van der Waals surface area contributed by atoms with Gasteiger partial charge in [-0.1, -0.05) is 0 Å². The molecule has 0 atom stereocenters. The van der Waals surface area contributed by atoms with Crippen LogP contribution in [0.1, 0.15) is 29.2 Å². The third-order valence-corrected chi connectivity index (χ3v) is 3.70. The Morgan fingerprint density at radius 1 is 1.35 bits per heavy atom. The molecule has 2 heterocycles. The lowest BCUT2D eigenvalue weighted by Gasteiger charge is -2.07. The fraction of sp³-hybridized carbons (Fsp3) is 0.214. The van der Waals surface area contributed by atoms with Gasteiger partial charge < -0.3 is 10.8 Å². The molecule has 0 amide bonds. The number of anilines is 1. The molecular weight excluding hydrogens is 256 g/mol. The first-order valence-electron chi connectivity index (χ1n) is 6.45. The van der Waals surface area contributed by atoms with E-state index >= 15 is 0 Å². The molecule has 0 unspecified atom stereocenters. The number of nitrogens with two attached hydrogens (primary N) is 1. The zero-order chi connectivity index (χ0) is 13.9. The number of carbonyl (C=O) groups is 1. The largest absolute Gasteiger partial charge is 0.478 e. The normalized spacial score (nSPS) is 15.0. The molecule has 0 bridgehead atoms. The Labute approximate surface area is 113 Å². The van der Waals surface area contributed by atoms with Crippen molar-refractivity contribution in [1.82, 2.24) is 14.8 Å². The van der Waals surface area contributed by atoms with Crippen molar-refractivity contribution in [2.75, 3.05) is 5.73 Å².